The van der Waals surface area contributed by atoms with Crippen LogP contribution in [-0.2, 0) is 19.5 Å². The Kier molecular flexibility index (Phi) is 4.91. The monoisotopic (exact) mass is 380 g/mol. The summed E-state index contributed by atoms with van der Waals surface area (Å²) in [7, 11) is 2.16. The summed E-state index contributed by atoms with van der Waals surface area (Å²) in [5, 5.41) is 0. The van der Waals surface area contributed by atoms with Gasteiger partial charge in [-0.15, -0.1) is 0 Å². The van der Waals surface area contributed by atoms with Gasteiger partial charge in [-0.2, -0.15) is 0 Å². The van der Waals surface area contributed by atoms with E-state index in [1.165, 1.54) is 29.7 Å². The van der Waals surface area contributed by atoms with Crippen molar-refractivity contribution in [3.8, 4) is 11.5 Å². The smallest absolute Gasteiger partial charge is 0.161 e. The molecule has 1 fully saturated rings. The van der Waals surface area contributed by atoms with Crippen molar-refractivity contribution in [2.24, 2.45) is 0 Å². The molecule has 5 rings (SSSR count). The molecule has 6 nitrogen and oxygen atoms in total. The van der Waals surface area contributed by atoms with Gasteiger partial charge in [0.1, 0.15) is 19.0 Å². The van der Waals surface area contributed by atoms with Crippen LogP contribution in [0.2, 0.25) is 0 Å². The molecule has 1 atom stereocenters. The van der Waals surface area contributed by atoms with E-state index in [4.69, 9.17) is 19.4 Å². The van der Waals surface area contributed by atoms with Crippen LogP contribution < -0.4 is 9.47 Å². The number of nitrogens with zero attached hydrogens (tertiary/aromatic N) is 4. The zero-order valence-corrected chi connectivity index (χ0v) is 16.6. The van der Waals surface area contributed by atoms with E-state index in [-0.39, 0.29) is 0 Å². The molecule has 2 aromatic rings. The molecule has 1 aromatic heterocycles. The highest BCUT2D eigenvalue weighted by molar-refractivity contribution is 5.43. The summed E-state index contributed by atoms with van der Waals surface area (Å²) in [4.78, 5) is 14.7. The lowest BCUT2D eigenvalue weighted by Gasteiger charge is -2.35. The highest BCUT2D eigenvalue weighted by atomic mass is 16.6. The van der Waals surface area contributed by atoms with Crippen LogP contribution in [0.1, 0.15) is 47.9 Å². The highest BCUT2D eigenvalue weighted by Gasteiger charge is 2.28. The summed E-state index contributed by atoms with van der Waals surface area (Å²) in [6.45, 7) is 5.27. The molecular weight excluding hydrogens is 352 g/mol. The van der Waals surface area contributed by atoms with Gasteiger partial charge in [0.25, 0.3) is 0 Å². The van der Waals surface area contributed by atoms with Crippen molar-refractivity contribution in [2.75, 3.05) is 33.4 Å². The molecule has 4 heterocycles. The zero-order valence-electron chi connectivity index (χ0n) is 16.6. The molecule has 0 bridgehead atoms. The van der Waals surface area contributed by atoms with Crippen LogP contribution in [0.25, 0.3) is 0 Å². The van der Waals surface area contributed by atoms with E-state index >= 15 is 0 Å². The summed E-state index contributed by atoms with van der Waals surface area (Å²) in [5.41, 5.74) is 3.79. The minimum absolute atomic E-state index is 0.298. The van der Waals surface area contributed by atoms with E-state index in [0.717, 1.165) is 56.3 Å². The summed E-state index contributed by atoms with van der Waals surface area (Å²) in [5.74, 6) is 2.72. The van der Waals surface area contributed by atoms with E-state index in [9.17, 15) is 0 Å². The number of fused-ring (bicyclic) bond motifs is 2. The van der Waals surface area contributed by atoms with Crippen molar-refractivity contribution in [1.82, 2.24) is 19.8 Å². The lowest BCUT2D eigenvalue weighted by molar-refractivity contribution is 0.132. The molecule has 0 spiro atoms. The molecule has 0 aliphatic carbocycles. The van der Waals surface area contributed by atoms with Gasteiger partial charge in [0.15, 0.2) is 11.5 Å². The first kappa shape index (κ1) is 17.9. The maximum Gasteiger partial charge on any atom is 0.161 e. The Hall–Kier alpha value is -2.18. The molecule has 0 saturated carbocycles. The van der Waals surface area contributed by atoms with Gasteiger partial charge < -0.3 is 14.4 Å². The van der Waals surface area contributed by atoms with Crippen molar-refractivity contribution in [2.45, 2.75) is 44.8 Å². The van der Waals surface area contributed by atoms with Gasteiger partial charge in [-0.1, -0.05) is 12.5 Å². The maximum absolute atomic E-state index is 5.76. The van der Waals surface area contributed by atoms with Gasteiger partial charge in [0.05, 0.1) is 6.04 Å². The van der Waals surface area contributed by atoms with Gasteiger partial charge in [-0.05, 0) is 44.1 Å². The second-order valence-electron chi connectivity index (χ2n) is 8.15. The SMILES string of the molecule is CN1CCc2nc([C@@H]3CCCCN3Cc3ccc4c(c3)OCCO4)ncc2C1. The lowest BCUT2D eigenvalue weighted by atomic mass is 9.99. The topological polar surface area (TPSA) is 50.7 Å². The molecule has 6 heteroatoms. The average Bonchev–Trinajstić information content (AvgIpc) is 2.74. The normalized spacial score (nSPS) is 22.7. The van der Waals surface area contributed by atoms with Crippen molar-refractivity contribution in [3.05, 3.63) is 47.0 Å². The van der Waals surface area contributed by atoms with Gasteiger partial charge in [-0.25, -0.2) is 9.97 Å². The third-order valence-electron chi connectivity index (χ3n) is 6.05. The number of rotatable bonds is 3. The number of aromatic nitrogens is 2. The largest absolute Gasteiger partial charge is 0.486 e. The standard InChI is InChI=1S/C22H28N4O2/c1-25-9-7-18-17(15-25)13-23-22(24-18)19-4-2-3-8-26(19)14-16-5-6-20-21(12-16)28-11-10-27-20/h5-6,12-13,19H,2-4,7-11,14-15H2,1H3/t19-/m0/s1. The number of piperidine rings is 1. The molecule has 28 heavy (non-hydrogen) atoms. The van der Waals surface area contributed by atoms with Crippen LogP contribution in [0.3, 0.4) is 0 Å². The number of likely N-dealkylation sites (tertiary alicyclic amines) is 1. The Morgan fingerprint density at radius 3 is 2.93 bits per heavy atom. The fourth-order valence-electron chi connectivity index (χ4n) is 4.53. The number of likely N-dealkylation sites (N-methyl/N-ethyl adjacent to an activating group) is 1. The molecule has 148 valence electrons. The first-order chi connectivity index (χ1) is 13.8. The first-order valence-electron chi connectivity index (χ1n) is 10.4. The third kappa shape index (κ3) is 3.59. The number of ether oxygens (including phenoxy) is 2. The zero-order chi connectivity index (χ0) is 18.9. The highest BCUT2D eigenvalue weighted by Crippen LogP contribution is 2.34. The second kappa shape index (κ2) is 7.68. The Bertz CT molecular complexity index is 856. The van der Waals surface area contributed by atoms with Crippen LogP contribution in [0.5, 0.6) is 11.5 Å². The Balaban J connectivity index is 1.37. The summed E-state index contributed by atoms with van der Waals surface area (Å²) in [6, 6.07) is 6.62. The molecule has 3 aliphatic rings. The third-order valence-corrected chi connectivity index (χ3v) is 6.05. The predicted octanol–water partition coefficient (Wildman–Crippen LogP) is 2.96. The first-order valence-corrected chi connectivity index (χ1v) is 10.4. The summed E-state index contributed by atoms with van der Waals surface area (Å²) in [6.07, 6.45) is 6.69. The van der Waals surface area contributed by atoms with E-state index in [2.05, 4.69) is 35.2 Å². The molecule has 1 saturated heterocycles. The van der Waals surface area contributed by atoms with Gasteiger partial charge in [0.2, 0.25) is 0 Å². The molecular formula is C22H28N4O2. The van der Waals surface area contributed by atoms with Crippen molar-refractivity contribution < 1.29 is 9.47 Å². The van der Waals surface area contributed by atoms with E-state index in [0.29, 0.717) is 19.3 Å². The van der Waals surface area contributed by atoms with Crippen LogP contribution >= 0.6 is 0 Å². The van der Waals surface area contributed by atoms with Crippen LogP contribution in [0.15, 0.2) is 24.4 Å². The Morgan fingerprint density at radius 2 is 2.00 bits per heavy atom. The minimum atomic E-state index is 0.298. The average molecular weight is 380 g/mol. The maximum atomic E-state index is 5.76. The summed E-state index contributed by atoms with van der Waals surface area (Å²) < 4.78 is 11.4. The van der Waals surface area contributed by atoms with Gasteiger partial charge in [-0.3, -0.25) is 4.90 Å². The summed E-state index contributed by atoms with van der Waals surface area (Å²) >= 11 is 0. The van der Waals surface area contributed by atoms with Gasteiger partial charge >= 0.3 is 0 Å². The second-order valence-corrected chi connectivity index (χ2v) is 8.15. The Labute approximate surface area is 166 Å². The number of hydrogen-bond donors (Lipinski definition) is 0. The lowest BCUT2D eigenvalue weighted by Crippen LogP contribution is -2.35. The van der Waals surface area contributed by atoms with Crippen molar-refractivity contribution in [3.63, 3.8) is 0 Å². The molecule has 0 amide bonds. The Morgan fingerprint density at radius 1 is 1.11 bits per heavy atom. The van der Waals surface area contributed by atoms with Crippen molar-refractivity contribution >= 4 is 0 Å². The van der Waals surface area contributed by atoms with E-state index < -0.39 is 0 Å². The predicted molar refractivity (Wildman–Crippen MR) is 107 cm³/mol. The minimum Gasteiger partial charge on any atom is -0.486 e. The fourth-order valence-corrected chi connectivity index (χ4v) is 4.53. The molecule has 0 radical (unpaired) electrons. The van der Waals surface area contributed by atoms with E-state index in [1.807, 2.05) is 6.07 Å². The van der Waals surface area contributed by atoms with Crippen LogP contribution in [0.4, 0.5) is 0 Å². The molecule has 3 aliphatic heterocycles. The van der Waals surface area contributed by atoms with Gasteiger partial charge in [0, 0.05) is 43.5 Å². The molecule has 0 N–H and O–H groups in total. The fraction of sp³-hybridized carbons (Fsp3) is 0.545. The number of benzene rings is 1. The molecule has 0 unspecified atom stereocenters. The van der Waals surface area contributed by atoms with Crippen LogP contribution in [0, 0.1) is 0 Å². The van der Waals surface area contributed by atoms with Crippen molar-refractivity contribution in [1.29, 1.82) is 0 Å². The van der Waals surface area contributed by atoms with Crippen LogP contribution in [-0.4, -0.2) is 53.1 Å². The van der Waals surface area contributed by atoms with E-state index in [1.54, 1.807) is 0 Å². The quantitative estimate of drug-likeness (QED) is 0.816. The molecule has 1 aromatic carbocycles. The number of hydrogen-bond acceptors (Lipinski definition) is 6.